The fourth-order valence-corrected chi connectivity index (χ4v) is 5.86. The molecule has 4 rings (SSSR count). The summed E-state index contributed by atoms with van der Waals surface area (Å²) in [6.45, 7) is 4.14. The van der Waals surface area contributed by atoms with Crippen molar-refractivity contribution in [3.63, 3.8) is 0 Å². The minimum Gasteiger partial charge on any atom is -0.507 e. The minimum atomic E-state index is -1.40. The molecule has 0 aliphatic carbocycles. The van der Waals surface area contributed by atoms with E-state index in [0.29, 0.717) is 10.0 Å². The number of thioether (sulfide) groups is 1. The summed E-state index contributed by atoms with van der Waals surface area (Å²) in [5.74, 6) is -3.06. The molecule has 46 heavy (non-hydrogen) atoms. The number of benzene rings is 2. The maximum absolute atomic E-state index is 12.3. The molecule has 0 saturated carbocycles. The van der Waals surface area contributed by atoms with Gasteiger partial charge in [0.1, 0.15) is 24.2 Å². The molecule has 2 heterocycles. The second kappa shape index (κ2) is 15.2. The van der Waals surface area contributed by atoms with Crippen molar-refractivity contribution in [3.05, 3.63) is 52.5 Å². The third-order valence-corrected chi connectivity index (χ3v) is 7.80. The molecule has 1 fully saturated rings. The Balaban J connectivity index is 1.82. The average molecular weight is 722 g/mol. The van der Waals surface area contributed by atoms with E-state index < -0.39 is 60.3 Å². The number of rotatable bonds is 10. The highest BCUT2D eigenvalue weighted by atomic mass is 79.9. The molecule has 1 saturated heterocycles. The van der Waals surface area contributed by atoms with Crippen LogP contribution in [-0.4, -0.2) is 91.6 Å². The second-order valence-electron chi connectivity index (χ2n) is 9.77. The van der Waals surface area contributed by atoms with Gasteiger partial charge in [0.15, 0.2) is 29.6 Å². The Kier molecular flexibility index (Phi) is 11.4. The van der Waals surface area contributed by atoms with Crippen LogP contribution < -0.4 is 0 Å². The van der Waals surface area contributed by atoms with E-state index in [1.807, 2.05) is 0 Å². The fourth-order valence-electron chi connectivity index (χ4n) is 4.41. The summed E-state index contributed by atoms with van der Waals surface area (Å²) in [6, 6.07) is 11.1. The highest BCUT2D eigenvalue weighted by Crippen LogP contribution is 2.39. The van der Waals surface area contributed by atoms with Gasteiger partial charge < -0.3 is 33.9 Å². The lowest BCUT2D eigenvalue weighted by molar-refractivity contribution is -0.237. The van der Waals surface area contributed by atoms with Gasteiger partial charge in [0, 0.05) is 37.7 Å². The van der Waals surface area contributed by atoms with Crippen LogP contribution in [0.2, 0.25) is 0 Å². The lowest BCUT2D eigenvalue weighted by atomic mass is 9.99. The van der Waals surface area contributed by atoms with Crippen LogP contribution in [0.5, 0.6) is 11.5 Å². The van der Waals surface area contributed by atoms with Crippen molar-refractivity contribution < 1.29 is 53.1 Å². The number of carbonyl (C=O) groups excluding carboxylic acids is 4. The molecule has 244 valence electrons. The predicted octanol–water partition coefficient (Wildman–Crippen LogP) is 3.18. The lowest BCUT2D eigenvalue weighted by Crippen LogP contribution is -2.61. The van der Waals surface area contributed by atoms with Crippen molar-refractivity contribution in [1.82, 2.24) is 14.9 Å². The number of hydrogen-bond acceptors (Lipinski definition) is 15. The minimum absolute atomic E-state index is 0.0462. The van der Waals surface area contributed by atoms with E-state index in [2.05, 4.69) is 31.2 Å². The van der Waals surface area contributed by atoms with Gasteiger partial charge in [-0.15, -0.1) is 10.2 Å². The molecule has 0 unspecified atom stereocenters. The van der Waals surface area contributed by atoms with Gasteiger partial charge in [-0.2, -0.15) is 9.78 Å². The lowest BCUT2D eigenvalue weighted by Gasteiger charge is -2.43. The van der Waals surface area contributed by atoms with Crippen LogP contribution in [-0.2, 0) is 42.9 Å². The Morgan fingerprint density at radius 3 is 2.22 bits per heavy atom. The van der Waals surface area contributed by atoms with E-state index in [-0.39, 0.29) is 28.0 Å². The van der Waals surface area contributed by atoms with Crippen molar-refractivity contribution >= 4 is 57.8 Å². The Morgan fingerprint density at radius 2 is 1.57 bits per heavy atom. The van der Waals surface area contributed by atoms with Crippen molar-refractivity contribution in [2.24, 2.45) is 5.10 Å². The Morgan fingerprint density at radius 1 is 0.913 bits per heavy atom. The van der Waals surface area contributed by atoms with Gasteiger partial charge in [-0.1, -0.05) is 28.1 Å². The highest BCUT2D eigenvalue weighted by molar-refractivity contribution is 9.10. The van der Waals surface area contributed by atoms with E-state index in [0.717, 1.165) is 32.5 Å². The van der Waals surface area contributed by atoms with E-state index in [1.54, 1.807) is 30.3 Å². The average Bonchev–Trinajstić information content (AvgIpc) is 3.36. The number of hydrogen-bond donors (Lipinski definition) is 2. The first kappa shape index (κ1) is 34.4. The highest BCUT2D eigenvalue weighted by Gasteiger charge is 2.53. The van der Waals surface area contributed by atoms with Gasteiger partial charge in [-0.05, 0) is 42.1 Å². The zero-order valence-corrected chi connectivity index (χ0v) is 27.3. The molecule has 0 spiro atoms. The number of halogens is 1. The molecule has 3 aromatic rings. The molecule has 2 N–H and O–H groups in total. The molecule has 0 radical (unpaired) electrons. The smallest absolute Gasteiger partial charge is 0.303 e. The largest absolute Gasteiger partial charge is 0.507 e. The number of aromatic hydroxyl groups is 2. The normalized spacial score (nSPS) is 21.0. The van der Waals surface area contributed by atoms with Crippen LogP contribution in [0.4, 0.5) is 0 Å². The third-order valence-electron chi connectivity index (χ3n) is 6.23. The first-order valence-electron chi connectivity index (χ1n) is 13.6. The number of phenolic OH excluding ortho intramolecular Hbond substituents is 2. The molecule has 15 nitrogen and oxygen atoms in total. The molecule has 0 bridgehead atoms. The van der Waals surface area contributed by atoms with Crippen LogP contribution in [0.25, 0.3) is 11.4 Å². The van der Waals surface area contributed by atoms with Crippen molar-refractivity contribution in [1.29, 1.82) is 0 Å². The van der Waals surface area contributed by atoms with Crippen LogP contribution in [0, 0.1) is 0 Å². The van der Waals surface area contributed by atoms with E-state index >= 15 is 0 Å². The quantitative estimate of drug-likeness (QED) is 0.176. The Labute approximate surface area is 274 Å². The summed E-state index contributed by atoms with van der Waals surface area (Å²) in [5.41, 5.74) is -0.635. The summed E-state index contributed by atoms with van der Waals surface area (Å²) in [7, 11) is 0. The van der Waals surface area contributed by atoms with Gasteiger partial charge in [-0.3, -0.25) is 19.2 Å². The van der Waals surface area contributed by atoms with Crippen LogP contribution in [0.3, 0.4) is 0 Å². The first-order chi connectivity index (χ1) is 21.8. The molecule has 2 aromatic carbocycles. The Hall–Kier alpha value is -4.48. The molecular formula is C29H29BrN4O11S. The van der Waals surface area contributed by atoms with E-state index in [9.17, 15) is 29.4 Å². The zero-order valence-electron chi connectivity index (χ0n) is 24.9. The molecule has 17 heteroatoms. The summed E-state index contributed by atoms with van der Waals surface area (Å²) in [4.78, 5) is 48.2. The maximum atomic E-state index is 12.3. The number of esters is 4. The van der Waals surface area contributed by atoms with Gasteiger partial charge >= 0.3 is 23.9 Å². The number of para-hydroxylation sites is 1. The fraction of sp³-hybridized carbons (Fsp3) is 0.345. The molecule has 0 amide bonds. The summed E-state index contributed by atoms with van der Waals surface area (Å²) >= 11 is 4.20. The molecule has 1 aliphatic rings. The Bertz CT molecular complexity index is 1650. The van der Waals surface area contributed by atoms with Crippen molar-refractivity contribution in [3.8, 4) is 22.9 Å². The summed E-state index contributed by atoms with van der Waals surface area (Å²) in [5, 5.41) is 33.9. The van der Waals surface area contributed by atoms with Gasteiger partial charge in [0.05, 0.1) is 11.8 Å². The number of aromatic nitrogens is 3. The van der Waals surface area contributed by atoms with E-state index in [1.165, 1.54) is 29.9 Å². The topological polar surface area (TPSA) is 198 Å². The standard InChI is InChI=1S/C29H29BrN4O11S/c1-14(35)41-13-23-24(42-15(2)36)25(43-16(3)37)26(44-17(4)38)28(45-23)46-29-33-32-27(20-7-5-6-8-22(20)40)34(29)31-12-18-11-19(30)9-10-21(18)39/h5-12,23-26,28,39-40H,13H2,1-4H3/b31-12+/t23-,24-,25+,26-,28+/m0/s1. The number of phenols is 2. The van der Waals surface area contributed by atoms with Crippen molar-refractivity contribution in [2.75, 3.05) is 6.61 Å². The van der Waals surface area contributed by atoms with Crippen LogP contribution in [0.15, 0.2) is 57.2 Å². The summed E-state index contributed by atoms with van der Waals surface area (Å²) < 4.78 is 29.7. The summed E-state index contributed by atoms with van der Waals surface area (Å²) in [6.07, 6.45) is -3.95. The van der Waals surface area contributed by atoms with Gasteiger partial charge in [-0.25, -0.2) is 0 Å². The van der Waals surface area contributed by atoms with Gasteiger partial charge in [0.2, 0.25) is 5.16 Å². The molecule has 5 atom stereocenters. The number of carbonyl (C=O) groups is 4. The monoisotopic (exact) mass is 720 g/mol. The van der Waals surface area contributed by atoms with Crippen LogP contribution >= 0.6 is 27.7 Å². The predicted molar refractivity (Wildman–Crippen MR) is 164 cm³/mol. The van der Waals surface area contributed by atoms with E-state index in [4.69, 9.17) is 23.7 Å². The number of nitrogens with zero attached hydrogens (tertiary/aromatic N) is 4. The molecule has 1 aromatic heterocycles. The number of ether oxygens (including phenoxy) is 5. The zero-order chi connectivity index (χ0) is 33.5. The molecular weight excluding hydrogens is 692 g/mol. The molecule has 1 aliphatic heterocycles. The van der Waals surface area contributed by atoms with Crippen molar-refractivity contribution in [2.45, 2.75) is 62.7 Å². The van der Waals surface area contributed by atoms with Gasteiger partial charge in [0.25, 0.3) is 0 Å². The SMILES string of the molecule is CC(=O)OC[C@@H]1O[C@H](Sc2nnc(-c3ccccc3O)n2/N=C/c2cc(Br)ccc2O)[C@@H](OC(C)=O)[C@H](OC(C)=O)[C@H]1OC(C)=O. The van der Waals surface area contributed by atoms with Crippen LogP contribution in [0.1, 0.15) is 33.3 Å². The maximum Gasteiger partial charge on any atom is 0.303 e. The third kappa shape index (κ3) is 8.61. The second-order valence-corrected chi connectivity index (χ2v) is 11.7. The first-order valence-corrected chi connectivity index (χ1v) is 15.2.